The van der Waals surface area contributed by atoms with Crippen molar-refractivity contribution in [3.63, 3.8) is 0 Å². The van der Waals surface area contributed by atoms with Crippen LogP contribution in [-0.4, -0.2) is 56.1 Å². The van der Waals surface area contributed by atoms with E-state index in [0.717, 1.165) is 0 Å². The number of amides is 1. The number of carbonyl (C=O) groups excluding carboxylic acids is 1. The summed E-state index contributed by atoms with van der Waals surface area (Å²) in [7, 11) is 3.09. The van der Waals surface area contributed by atoms with Crippen LogP contribution in [0, 0.1) is 0 Å². The Morgan fingerprint density at radius 2 is 2.30 bits per heavy atom. The van der Waals surface area contributed by atoms with Crippen LogP contribution >= 0.6 is 11.6 Å². The Bertz CT molecular complexity index is 508. The molecule has 0 aliphatic carbocycles. The summed E-state index contributed by atoms with van der Waals surface area (Å²) in [6.45, 7) is 0.424. The van der Waals surface area contributed by atoms with Crippen LogP contribution in [0.4, 0.5) is 0 Å². The Balaban J connectivity index is 2.11. The van der Waals surface area contributed by atoms with Crippen molar-refractivity contribution in [2.24, 2.45) is 0 Å². The molecular weight excluding hydrogens is 286 g/mol. The third-order valence-corrected chi connectivity index (χ3v) is 3.15. The fourth-order valence-corrected chi connectivity index (χ4v) is 2.22. The molecule has 110 valence electrons. The van der Waals surface area contributed by atoms with Crippen molar-refractivity contribution in [2.45, 2.75) is 6.10 Å². The molecule has 1 unspecified atom stereocenters. The summed E-state index contributed by atoms with van der Waals surface area (Å²) < 4.78 is 15.2. The van der Waals surface area contributed by atoms with E-state index in [0.29, 0.717) is 22.1 Å². The number of methoxy groups -OCH3 is 1. The van der Waals surface area contributed by atoms with Crippen molar-refractivity contribution in [3.05, 3.63) is 22.7 Å². The summed E-state index contributed by atoms with van der Waals surface area (Å²) >= 11 is 6.03. The molecule has 1 aromatic carbocycles. The van der Waals surface area contributed by atoms with E-state index in [1.54, 1.807) is 13.1 Å². The molecule has 7 heteroatoms. The molecule has 1 aromatic rings. The van der Waals surface area contributed by atoms with Gasteiger partial charge in [-0.05, 0) is 12.1 Å². The highest BCUT2D eigenvalue weighted by Gasteiger charge is 2.22. The number of hydrogen-bond donors (Lipinski definition) is 1. The molecule has 1 N–H and O–H groups in total. The normalized spacial score (nSPS) is 14.2. The van der Waals surface area contributed by atoms with Crippen molar-refractivity contribution in [1.82, 2.24) is 4.90 Å². The van der Waals surface area contributed by atoms with E-state index < -0.39 is 6.10 Å². The van der Waals surface area contributed by atoms with E-state index in [1.807, 2.05) is 0 Å². The minimum atomic E-state index is -0.738. The summed E-state index contributed by atoms with van der Waals surface area (Å²) in [6.07, 6.45) is -0.738. The first-order valence-electron chi connectivity index (χ1n) is 6.04. The van der Waals surface area contributed by atoms with Gasteiger partial charge in [0.15, 0.2) is 11.5 Å². The number of nitrogens with zero attached hydrogens (tertiary/aromatic N) is 1. The van der Waals surface area contributed by atoms with E-state index in [2.05, 4.69) is 0 Å². The van der Waals surface area contributed by atoms with E-state index in [9.17, 15) is 9.90 Å². The van der Waals surface area contributed by atoms with Crippen LogP contribution in [0.2, 0.25) is 5.02 Å². The van der Waals surface area contributed by atoms with Crippen LogP contribution in [0.1, 0.15) is 10.4 Å². The molecule has 0 radical (unpaired) electrons. The molecule has 6 nitrogen and oxygen atoms in total. The van der Waals surface area contributed by atoms with E-state index in [1.165, 1.54) is 18.1 Å². The monoisotopic (exact) mass is 301 g/mol. The number of ether oxygens (including phenoxy) is 3. The van der Waals surface area contributed by atoms with Crippen molar-refractivity contribution in [3.8, 4) is 11.5 Å². The first kappa shape index (κ1) is 14.9. The fourth-order valence-electron chi connectivity index (χ4n) is 1.96. The van der Waals surface area contributed by atoms with Crippen molar-refractivity contribution in [2.75, 3.05) is 34.1 Å². The number of aliphatic hydroxyl groups excluding tert-OH is 1. The molecule has 0 saturated heterocycles. The summed E-state index contributed by atoms with van der Waals surface area (Å²) in [5.74, 6) is 0.636. The number of carbonyl (C=O) groups is 1. The number of rotatable bonds is 5. The molecule has 1 amide bonds. The Hall–Kier alpha value is -1.50. The number of fused-ring (bicyclic) bond motifs is 1. The Morgan fingerprint density at radius 1 is 1.55 bits per heavy atom. The maximum atomic E-state index is 12.3. The predicted molar refractivity (Wildman–Crippen MR) is 72.4 cm³/mol. The van der Waals surface area contributed by atoms with Gasteiger partial charge in [0.05, 0.1) is 17.7 Å². The molecule has 0 bridgehead atoms. The molecule has 0 spiro atoms. The zero-order chi connectivity index (χ0) is 14.7. The zero-order valence-corrected chi connectivity index (χ0v) is 12.0. The maximum Gasteiger partial charge on any atom is 0.253 e. The van der Waals surface area contributed by atoms with Gasteiger partial charge in [0.25, 0.3) is 5.91 Å². The molecule has 0 fully saturated rings. The minimum Gasteiger partial charge on any atom is -0.454 e. The van der Waals surface area contributed by atoms with Crippen molar-refractivity contribution in [1.29, 1.82) is 0 Å². The maximum absolute atomic E-state index is 12.3. The fraction of sp³-hybridized carbons (Fsp3) is 0.462. The SMILES string of the molecule is COCC(O)CN(C)C(=O)c1cc(Cl)c2c(c1)OCO2. The van der Waals surface area contributed by atoms with Gasteiger partial charge in [-0.15, -0.1) is 0 Å². The number of benzene rings is 1. The number of hydrogen-bond acceptors (Lipinski definition) is 5. The molecule has 1 aliphatic heterocycles. The van der Waals surface area contributed by atoms with Crippen LogP contribution in [0.25, 0.3) is 0 Å². The minimum absolute atomic E-state index is 0.0924. The topological polar surface area (TPSA) is 68.2 Å². The van der Waals surface area contributed by atoms with Crippen LogP contribution < -0.4 is 9.47 Å². The first-order valence-corrected chi connectivity index (χ1v) is 6.42. The summed E-state index contributed by atoms with van der Waals surface area (Å²) in [5, 5.41) is 9.96. The van der Waals surface area contributed by atoms with Crippen LogP contribution in [-0.2, 0) is 4.74 Å². The lowest BCUT2D eigenvalue weighted by atomic mass is 10.1. The standard InChI is InChI=1S/C13H16ClNO5/c1-15(5-9(16)6-18-2)13(17)8-3-10(14)12-11(4-8)19-7-20-12/h3-4,9,16H,5-7H2,1-2H3. The Labute approximate surface area is 121 Å². The quantitative estimate of drug-likeness (QED) is 0.883. The second-order valence-corrected chi connectivity index (χ2v) is 4.89. The second-order valence-electron chi connectivity index (χ2n) is 4.49. The molecular formula is C13H16ClNO5. The van der Waals surface area contributed by atoms with Gasteiger partial charge in [-0.25, -0.2) is 0 Å². The van der Waals surface area contributed by atoms with Gasteiger partial charge < -0.3 is 24.2 Å². The van der Waals surface area contributed by atoms with Gasteiger partial charge in [0, 0.05) is 26.3 Å². The second kappa shape index (κ2) is 6.30. The van der Waals surface area contributed by atoms with Gasteiger partial charge in [-0.1, -0.05) is 11.6 Å². The largest absolute Gasteiger partial charge is 0.454 e. The smallest absolute Gasteiger partial charge is 0.253 e. The van der Waals surface area contributed by atoms with Gasteiger partial charge in [0.1, 0.15) is 0 Å². The predicted octanol–water partition coefficient (Wildman–Crippen LogP) is 1.15. The van der Waals surface area contributed by atoms with E-state index in [4.69, 9.17) is 25.8 Å². The van der Waals surface area contributed by atoms with Crippen LogP contribution in [0.15, 0.2) is 12.1 Å². The summed E-state index contributed by atoms with van der Waals surface area (Å²) in [5.41, 5.74) is 0.381. The number of aliphatic hydroxyl groups is 1. The average molecular weight is 302 g/mol. The van der Waals surface area contributed by atoms with Gasteiger partial charge in [-0.2, -0.15) is 0 Å². The third kappa shape index (κ3) is 3.15. The van der Waals surface area contributed by atoms with Gasteiger partial charge in [0.2, 0.25) is 6.79 Å². The van der Waals surface area contributed by atoms with Crippen molar-refractivity contribution < 1.29 is 24.1 Å². The summed E-state index contributed by atoms with van der Waals surface area (Å²) in [6, 6.07) is 3.10. The highest BCUT2D eigenvalue weighted by Crippen LogP contribution is 2.39. The Kier molecular flexibility index (Phi) is 4.69. The van der Waals surface area contributed by atoms with Gasteiger partial charge in [-0.3, -0.25) is 4.79 Å². The molecule has 0 aromatic heterocycles. The van der Waals surface area contributed by atoms with Crippen LogP contribution in [0.3, 0.4) is 0 Å². The molecule has 0 saturated carbocycles. The van der Waals surface area contributed by atoms with Crippen molar-refractivity contribution >= 4 is 17.5 Å². The number of halogens is 1. The van der Waals surface area contributed by atoms with Gasteiger partial charge >= 0.3 is 0 Å². The lowest BCUT2D eigenvalue weighted by Crippen LogP contribution is -2.36. The Morgan fingerprint density at radius 3 is 3.00 bits per heavy atom. The van der Waals surface area contributed by atoms with E-state index in [-0.39, 0.29) is 25.9 Å². The molecule has 1 aliphatic rings. The molecule has 20 heavy (non-hydrogen) atoms. The van der Waals surface area contributed by atoms with E-state index >= 15 is 0 Å². The highest BCUT2D eigenvalue weighted by atomic mass is 35.5. The highest BCUT2D eigenvalue weighted by molar-refractivity contribution is 6.32. The average Bonchev–Trinajstić information content (AvgIpc) is 2.86. The zero-order valence-electron chi connectivity index (χ0n) is 11.3. The molecule has 1 atom stereocenters. The lowest BCUT2D eigenvalue weighted by Gasteiger charge is -2.20. The summed E-state index contributed by atoms with van der Waals surface area (Å²) in [4.78, 5) is 13.7. The lowest BCUT2D eigenvalue weighted by molar-refractivity contribution is 0.0380. The molecule has 1 heterocycles. The third-order valence-electron chi connectivity index (χ3n) is 2.86. The molecule has 2 rings (SSSR count). The van der Waals surface area contributed by atoms with Crippen LogP contribution in [0.5, 0.6) is 11.5 Å². The first-order chi connectivity index (χ1) is 9.52. The number of likely N-dealkylation sites (N-methyl/N-ethyl adjacent to an activating group) is 1.